The number of hydrogen-bond donors (Lipinski definition) is 2. The lowest BCUT2D eigenvalue weighted by Gasteiger charge is -2.21. The van der Waals surface area contributed by atoms with Gasteiger partial charge in [-0.2, -0.15) is 0 Å². The molecule has 0 radical (unpaired) electrons. The molecule has 84 valence electrons. The smallest absolute Gasteiger partial charge is 0.163 e. The normalized spacial score (nSPS) is 22.1. The fraction of sp³-hybridized carbons (Fsp3) is 0.455. The average Bonchev–Trinajstić information content (AvgIpc) is 2.27. The van der Waals surface area contributed by atoms with Crippen molar-refractivity contribution in [2.45, 2.75) is 12.5 Å². The molecule has 0 heterocycles. The number of aliphatic hydroxyl groups excluding tert-OH is 2. The number of methoxy groups -OCH3 is 2. The first-order valence-corrected chi connectivity index (χ1v) is 4.69. The van der Waals surface area contributed by atoms with Crippen LogP contribution in [0.3, 0.4) is 0 Å². The van der Waals surface area contributed by atoms with E-state index in [2.05, 4.69) is 0 Å². The Morgan fingerprint density at radius 1 is 1.53 bits per heavy atom. The van der Waals surface area contributed by atoms with E-state index in [4.69, 9.17) is 14.6 Å². The summed E-state index contributed by atoms with van der Waals surface area (Å²) in [7, 11) is 3.03. The summed E-state index contributed by atoms with van der Waals surface area (Å²) in [6, 6.07) is 0. The van der Waals surface area contributed by atoms with Gasteiger partial charge >= 0.3 is 0 Å². The third kappa shape index (κ3) is 2.84. The lowest BCUT2D eigenvalue weighted by molar-refractivity contribution is 0.108. The summed E-state index contributed by atoms with van der Waals surface area (Å²) in [5.41, 5.74) is 0.950. The number of rotatable bonds is 4. The Morgan fingerprint density at radius 2 is 2.27 bits per heavy atom. The SMILES string of the molecule is COC1=C(O)[C@@H](OC)C=C(/C=C/CO)C1. The molecule has 2 N–H and O–H groups in total. The largest absolute Gasteiger partial charge is 0.506 e. The quantitative estimate of drug-likeness (QED) is 0.737. The van der Waals surface area contributed by atoms with Gasteiger partial charge < -0.3 is 19.7 Å². The standard InChI is InChI=1S/C11H16O4/c1-14-9-6-8(4-3-5-12)7-10(15-2)11(9)13/h3-4,6,9,12-13H,5,7H2,1-2H3/b4-3+/t9-/m0/s1. The van der Waals surface area contributed by atoms with Crippen molar-refractivity contribution >= 4 is 0 Å². The molecule has 1 aliphatic rings. The van der Waals surface area contributed by atoms with Crippen molar-refractivity contribution in [2.75, 3.05) is 20.8 Å². The van der Waals surface area contributed by atoms with E-state index in [-0.39, 0.29) is 12.4 Å². The van der Waals surface area contributed by atoms with Crippen molar-refractivity contribution in [1.29, 1.82) is 0 Å². The Kier molecular flexibility index (Phi) is 4.39. The summed E-state index contributed by atoms with van der Waals surface area (Å²) in [4.78, 5) is 0. The number of hydrogen-bond acceptors (Lipinski definition) is 4. The molecule has 0 aromatic rings. The minimum Gasteiger partial charge on any atom is -0.506 e. The molecule has 0 amide bonds. The van der Waals surface area contributed by atoms with E-state index in [1.807, 2.05) is 0 Å². The van der Waals surface area contributed by atoms with Crippen molar-refractivity contribution in [3.8, 4) is 0 Å². The van der Waals surface area contributed by atoms with Crippen molar-refractivity contribution < 1.29 is 19.7 Å². The Hall–Kier alpha value is -1.26. The Balaban J connectivity index is 2.84. The Bertz CT molecular complexity index is 302. The van der Waals surface area contributed by atoms with Crippen molar-refractivity contribution in [2.24, 2.45) is 0 Å². The average molecular weight is 212 g/mol. The van der Waals surface area contributed by atoms with Crippen LogP contribution in [0.5, 0.6) is 0 Å². The maximum Gasteiger partial charge on any atom is 0.163 e. The van der Waals surface area contributed by atoms with Gasteiger partial charge in [-0.15, -0.1) is 0 Å². The maximum atomic E-state index is 9.68. The molecule has 0 saturated carbocycles. The first-order chi connectivity index (χ1) is 7.22. The minimum atomic E-state index is -0.466. The summed E-state index contributed by atoms with van der Waals surface area (Å²) in [5, 5.41) is 18.3. The highest BCUT2D eigenvalue weighted by atomic mass is 16.5. The van der Waals surface area contributed by atoms with E-state index in [1.165, 1.54) is 14.2 Å². The fourth-order valence-corrected chi connectivity index (χ4v) is 1.44. The molecule has 0 fully saturated rings. The molecule has 0 spiro atoms. The molecular weight excluding hydrogens is 196 g/mol. The van der Waals surface area contributed by atoms with Gasteiger partial charge in [0.15, 0.2) is 5.76 Å². The van der Waals surface area contributed by atoms with Gasteiger partial charge in [-0.05, 0) is 11.6 Å². The van der Waals surface area contributed by atoms with Gasteiger partial charge in [0.1, 0.15) is 11.9 Å². The highest BCUT2D eigenvalue weighted by molar-refractivity contribution is 5.33. The molecular formula is C11H16O4. The van der Waals surface area contributed by atoms with Crippen LogP contribution in [-0.2, 0) is 9.47 Å². The summed E-state index contributed by atoms with van der Waals surface area (Å²) in [6.45, 7) is -0.00694. The predicted octanol–water partition coefficient (Wildman–Crippen LogP) is 1.30. The molecule has 4 heteroatoms. The van der Waals surface area contributed by atoms with E-state index in [9.17, 15) is 5.11 Å². The predicted molar refractivity (Wildman–Crippen MR) is 56.4 cm³/mol. The molecule has 0 aliphatic heterocycles. The lowest BCUT2D eigenvalue weighted by Crippen LogP contribution is -2.18. The molecule has 15 heavy (non-hydrogen) atoms. The van der Waals surface area contributed by atoms with Crippen LogP contribution in [0.4, 0.5) is 0 Å². The van der Waals surface area contributed by atoms with Crippen molar-refractivity contribution in [1.82, 2.24) is 0 Å². The fourth-order valence-electron chi connectivity index (χ4n) is 1.44. The van der Waals surface area contributed by atoms with Gasteiger partial charge in [0.25, 0.3) is 0 Å². The molecule has 4 nitrogen and oxygen atoms in total. The van der Waals surface area contributed by atoms with Crippen LogP contribution in [0.15, 0.2) is 35.3 Å². The highest BCUT2D eigenvalue weighted by Gasteiger charge is 2.22. The van der Waals surface area contributed by atoms with Gasteiger partial charge in [-0.1, -0.05) is 12.2 Å². The summed E-state index contributed by atoms with van der Waals surface area (Å²) >= 11 is 0. The number of ether oxygens (including phenoxy) is 2. The zero-order chi connectivity index (χ0) is 11.3. The van der Waals surface area contributed by atoms with Crippen LogP contribution in [0.1, 0.15) is 6.42 Å². The van der Waals surface area contributed by atoms with E-state index >= 15 is 0 Å². The van der Waals surface area contributed by atoms with Crippen LogP contribution >= 0.6 is 0 Å². The molecule has 0 saturated heterocycles. The second-order valence-corrected chi connectivity index (χ2v) is 3.17. The van der Waals surface area contributed by atoms with Crippen LogP contribution in [-0.4, -0.2) is 37.1 Å². The first kappa shape index (κ1) is 11.8. The Labute approximate surface area is 89.1 Å². The Morgan fingerprint density at radius 3 is 2.80 bits per heavy atom. The van der Waals surface area contributed by atoms with Crippen LogP contribution < -0.4 is 0 Å². The summed E-state index contributed by atoms with van der Waals surface area (Å²) < 4.78 is 10.1. The third-order valence-corrected chi connectivity index (χ3v) is 2.22. The minimum absolute atomic E-state index is 0.00694. The molecule has 1 atom stereocenters. The topological polar surface area (TPSA) is 58.9 Å². The van der Waals surface area contributed by atoms with E-state index < -0.39 is 6.10 Å². The lowest BCUT2D eigenvalue weighted by atomic mass is 10.0. The summed E-state index contributed by atoms with van der Waals surface area (Å²) in [5.74, 6) is 0.614. The van der Waals surface area contributed by atoms with Gasteiger partial charge in [0, 0.05) is 13.5 Å². The molecule has 0 aromatic heterocycles. The maximum absolute atomic E-state index is 9.68. The number of allylic oxidation sites excluding steroid dienone is 2. The monoisotopic (exact) mass is 212 g/mol. The molecule has 1 aliphatic carbocycles. The third-order valence-electron chi connectivity index (χ3n) is 2.22. The molecule has 1 rings (SSSR count). The van der Waals surface area contributed by atoms with E-state index in [0.717, 1.165) is 5.57 Å². The van der Waals surface area contributed by atoms with Crippen molar-refractivity contribution in [3.63, 3.8) is 0 Å². The molecule has 0 aromatic carbocycles. The second kappa shape index (κ2) is 5.58. The first-order valence-electron chi connectivity index (χ1n) is 4.69. The van der Waals surface area contributed by atoms with Crippen LogP contribution in [0, 0.1) is 0 Å². The van der Waals surface area contributed by atoms with Gasteiger partial charge in [0.2, 0.25) is 0 Å². The van der Waals surface area contributed by atoms with E-state index in [1.54, 1.807) is 18.2 Å². The van der Waals surface area contributed by atoms with Crippen LogP contribution in [0.2, 0.25) is 0 Å². The van der Waals surface area contributed by atoms with Gasteiger partial charge in [-0.25, -0.2) is 0 Å². The number of aliphatic hydroxyl groups is 2. The molecule has 0 unspecified atom stereocenters. The van der Waals surface area contributed by atoms with Gasteiger partial charge in [-0.3, -0.25) is 0 Å². The second-order valence-electron chi connectivity index (χ2n) is 3.17. The zero-order valence-electron chi connectivity index (χ0n) is 8.93. The van der Waals surface area contributed by atoms with E-state index in [0.29, 0.717) is 12.2 Å². The molecule has 0 bridgehead atoms. The van der Waals surface area contributed by atoms with Crippen molar-refractivity contribution in [3.05, 3.63) is 35.3 Å². The van der Waals surface area contributed by atoms with Crippen LogP contribution in [0.25, 0.3) is 0 Å². The zero-order valence-corrected chi connectivity index (χ0v) is 8.93. The summed E-state index contributed by atoms with van der Waals surface area (Å²) in [6.07, 6.45) is 5.26. The van der Waals surface area contributed by atoms with Gasteiger partial charge in [0.05, 0.1) is 13.7 Å². The highest BCUT2D eigenvalue weighted by Crippen LogP contribution is 2.25.